The first kappa shape index (κ1) is 23.9. The van der Waals surface area contributed by atoms with Crippen LogP contribution in [-0.2, 0) is 16.1 Å². The van der Waals surface area contributed by atoms with Crippen molar-refractivity contribution in [3.05, 3.63) is 83.7 Å². The van der Waals surface area contributed by atoms with E-state index in [-0.39, 0.29) is 37.2 Å². The number of pyridine rings is 1. The maximum atomic E-state index is 12.7. The smallest absolute Gasteiger partial charge is 0.265 e. The van der Waals surface area contributed by atoms with Crippen LogP contribution in [-0.4, -0.2) is 42.3 Å². The molecular weight excluding hydrogens is 446 g/mol. The average Bonchev–Trinajstić information content (AvgIpc) is 2.87. The highest BCUT2D eigenvalue weighted by Gasteiger charge is 2.26. The van der Waals surface area contributed by atoms with Crippen LogP contribution in [0.2, 0.25) is 0 Å². The molecule has 0 radical (unpaired) electrons. The van der Waals surface area contributed by atoms with Crippen molar-refractivity contribution in [3.63, 3.8) is 0 Å². The van der Waals surface area contributed by atoms with Crippen LogP contribution in [0.25, 0.3) is 0 Å². The van der Waals surface area contributed by atoms with E-state index in [4.69, 9.17) is 9.47 Å². The molecule has 4 rings (SSSR count). The molecule has 0 spiro atoms. The van der Waals surface area contributed by atoms with Gasteiger partial charge in [0.25, 0.3) is 5.91 Å². The number of Topliss-reactive ketones (excluding diaryl/α,β-unsaturated/α-hetero) is 1. The lowest BCUT2D eigenvalue weighted by molar-refractivity contribution is -0.123. The monoisotopic (exact) mass is 473 g/mol. The minimum absolute atomic E-state index is 0.0784. The van der Waals surface area contributed by atoms with Crippen LogP contribution in [0, 0.1) is 6.92 Å². The molecule has 2 heterocycles. The fourth-order valence-electron chi connectivity index (χ4n) is 3.75. The number of amides is 2. The van der Waals surface area contributed by atoms with Gasteiger partial charge in [-0.1, -0.05) is 12.1 Å². The Kier molecular flexibility index (Phi) is 7.72. The number of aromatic nitrogens is 1. The second kappa shape index (κ2) is 11.3. The third-order valence-corrected chi connectivity index (χ3v) is 5.61. The second-order valence-electron chi connectivity index (χ2n) is 8.28. The van der Waals surface area contributed by atoms with Crippen molar-refractivity contribution in [2.45, 2.75) is 26.3 Å². The lowest BCUT2D eigenvalue weighted by atomic mass is 10.1. The van der Waals surface area contributed by atoms with Gasteiger partial charge in [-0.2, -0.15) is 0 Å². The van der Waals surface area contributed by atoms with Crippen molar-refractivity contribution in [2.75, 3.05) is 24.7 Å². The third-order valence-electron chi connectivity index (χ3n) is 5.61. The minimum atomic E-state index is -0.213. The van der Waals surface area contributed by atoms with Crippen LogP contribution in [0.3, 0.4) is 0 Å². The van der Waals surface area contributed by atoms with Crippen molar-refractivity contribution in [2.24, 2.45) is 0 Å². The number of ether oxygens (including phenoxy) is 2. The van der Waals surface area contributed by atoms with Crippen LogP contribution >= 0.6 is 0 Å². The molecule has 180 valence electrons. The number of anilines is 1. The zero-order valence-corrected chi connectivity index (χ0v) is 19.5. The van der Waals surface area contributed by atoms with Crippen molar-refractivity contribution in [3.8, 4) is 11.5 Å². The van der Waals surface area contributed by atoms with Gasteiger partial charge in [0.15, 0.2) is 19.0 Å². The van der Waals surface area contributed by atoms with E-state index in [1.54, 1.807) is 41.6 Å². The number of carbonyl (C=O) groups is 3. The van der Waals surface area contributed by atoms with Gasteiger partial charge in [0, 0.05) is 37.5 Å². The molecule has 0 saturated heterocycles. The Bertz CT molecular complexity index is 1210. The summed E-state index contributed by atoms with van der Waals surface area (Å²) >= 11 is 0. The van der Waals surface area contributed by atoms with Gasteiger partial charge in [0.05, 0.1) is 5.69 Å². The van der Waals surface area contributed by atoms with E-state index in [2.05, 4.69) is 10.3 Å². The molecular formula is C27H27N3O5. The molecule has 1 aliphatic heterocycles. The molecule has 3 aromatic rings. The van der Waals surface area contributed by atoms with Gasteiger partial charge in [0.1, 0.15) is 11.5 Å². The summed E-state index contributed by atoms with van der Waals surface area (Å²) in [6.07, 6.45) is 4.10. The lowest BCUT2D eigenvalue weighted by Crippen LogP contribution is -2.40. The Morgan fingerprint density at radius 3 is 2.74 bits per heavy atom. The van der Waals surface area contributed by atoms with E-state index in [1.165, 1.54) is 0 Å². The van der Waals surface area contributed by atoms with E-state index in [0.29, 0.717) is 42.3 Å². The zero-order valence-electron chi connectivity index (χ0n) is 19.5. The summed E-state index contributed by atoms with van der Waals surface area (Å²) in [7, 11) is 0. The molecule has 0 aliphatic carbocycles. The topological polar surface area (TPSA) is 97.8 Å². The van der Waals surface area contributed by atoms with Gasteiger partial charge in [-0.15, -0.1) is 0 Å². The molecule has 8 nitrogen and oxygen atoms in total. The first-order valence-electron chi connectivity index (χ1n) is 11.4. The fourth-order valence-corrected chi connectivity index (χ4v) is 3.75. The molecule has 0 fully saturated rings. The average molecular weight is 474 g/mol. The van der Waals surface area contributed by atoms with Crippen LogP contribution in [0.15, 0.2) is 67.0 Å². The van der Waals surface area contributed by atoms with Gasteiger partial charge >= 0.3 is 0 Å². The predicted molar refractivity (Wildman–Crippen MR) is 131 cm³/mol. The Labute approximate surface area is 203 Å². The molecule has 8 heteroatoms. The Hall–Kier alpha value is -4.20. The summed E-state index contributed by atoms with van der Waals surface area (Å²) in [5, 5.41) is 2.87. The lowest BCUT2D eigenvalue weighted by Gasteiger charge is -2.29. The normalized spacial score (nSPS) is 12.5. The SMILES string of the molecule is Cc1cccc(OCC(=O)c2ccc3c(c2)N(CCCC(=O)NCc2ccncc2)C(=O)CO3)c1. The van der Waals surface area contributed by atoms with Crippen LogP contribution in [0.4, 0.5) is 5.69 Å². The Balaban J connectivity index is 1.34. The third kappa shape index (κ3) is 6.44. The highest BCUT2D eigenvalue weighted by Crippen LogP contribution is 2.33. The van der Waals surface area contributed by atoms with E-state index in [0.717, 1.165) is 11.1 Å². The number of fused-ring (bicyclic) bond motifs is 1. The molecule has 2 amide bonds. The number of nitrogens with one attached hydrogen (secondary N) is 1. The van der Waals surface area contributed by atoms with Gasteiger partial charge in [-0.25, -0.2) is 0 Å². The van der Waals surface area contributed by atoms with Crippen molar-refractivity contribution < 1.29 is 23.9 Å². The summed E-state index contributed by atoms with van der Waals surface area (Å²) in [4.78, 5) is 43.1. The summed E-state index contributed by atoms with van der Waals surface area (Å²) < 4.78 is 11.2. The number of aryl methyl sites for hydroxylation is 1. The number of hydrogen-bond acceptors (Lipinski definition) is 6. The summed E-state index contributed by atoms with van der Waals surface area (Å²) in [6.45, 7) is 2.53. The first-order valence-corrected chi connectivity index (χ1v) is 11.4. The molecule has 2 aromatic carbocycles. The molecule has 0 bridgehead atoms. The maximum Gasteiger partial charge on any atom is 0.265 e. The van der Waals surface area contributed by atoms with E-state index < -0.39 is 0 Å². The molecule has 0 atom stereocenters. The molecule has 1 aliphatic rings. The number of hydrogen-bond donors (Lipinski definition) is 1. The van der Waals surface area contributed by atoms with E-state index >= 15 is 0 Å². The minimum Gasteiger partial charge on any atom is -0.485 e. The summed E-state index contributed by atoms with van der Waals surface area (Å²) in [5.41, 5.74) is 2.96. The van der Waals surface area contributed by atoms with Gasteiger partial charge in [-0.05, 0) is 66.9 Å². The quantitative estimate of drug-likeness (QED) is 0.453. The number of nitrogens with zero attached hydrogens (tertiary/aromatic N) is 2. The van der Waals surface area contributed by atoms with Crippen LogP contribution in [0.1, 0.15) is 34.3 Å². The number of benzene rings is 2. The zero-order chi connectivity index (χ0) is 24.6. The van der Waals surface area contributed by atoms with Crippen LogP contribution < -0.4 is 19.7 Å². The molecule has 35 heavy (non-hydrogen) atoms. The van der Waals surface area contributed by atoms with E-state index in [1.807, 2.05) is 37.3 Å². The Morgan fingerprint density at radius 1 is 1.11 bits per heavy atom. The number of carbonyl (C=O) groups excluding carboxylic acids is 3. The maximum absolute atomic E-state index is 12.7. The Morgan fingerprint density at radius 2 is 1.94 bits per heavy atom. The van der Waals surface area contributed by atoms with Gasteiger partial charge < -0.3 is 19.7 Å². The number of ketones is 1. The largest absolute Gasteiger partial charge is 0.485 e. The second-order valence-corrected chi connectivity index (χ2v) is 8.28. The highest BCUT2D eigenvalue weighted by atomic mass is 16.5. The van der Waals surface area contributed by atoms with Gasteiger partial charge in [-0.3, -0.25) is 19.4 Å². The van der Waals surface area contributed by atoms with Gasteiger partial charge in [0.2, 0.25) is 5.91 Å². The molecule has 0 unspecified atom stereocenters. The molecule has 1 aromatic heterocycles. The van der Waals surface area contributed by atoms with Crippen molar-refractivity contribution in [1.29, 1.82) is 0 Å². The van der Waals surface area contributed by atoms with Crippen molar-refractivity contribution >= 4 is 23.3 Å². The van der Waals surface area contributed by atoms with Crippen LogP contribution in [0.5, 0.6) is 11.5 Å². The highest BCUT2D eigenvalue weighted by molar-refractivity contribution is 6.02. The number of rotatable bonds is 10. The molecule has 0 saturated carbocycles. The molecule has 1 N–H and O–H groups in total. The first-order chi connectivity index (χ1) is 17.0. The fraction of sp³-hybridized carbons (Fsp3) is 0.259. The van der Waals surface area contributed by atoms with Crippen molar-refractivity contribution in [1.82, 2.24) is 10.3 Å². The summed E-state index contributed by atoms with van der Waals surface area (Å²) in [5.74, 6) is 0.639. The standard InChI is InChI=1S/C27H27N3O5/c1-19-4-2-5-22(14-19)34-17-24(31)21-7-8-25-23(15-21)30(27(33)18-35-25)13-3-6-26(32)29-16-20-9-11-28-12-10-20/h2,4-5,7-12,14-15H,3,6,13,16-18H2,1H3,(H,29,32). The predicted octanol–water partition coefficient (Wildman–Crippen LogP) is 3.47. The summed E-state index contributed by atoms with van der Waals surface area (Å²) in [6, 6.07) is 16.2. The van der Waals surface area contributed by atoms with E-state index in [9.17, 15) is 14.4 Å².